The number of aromatic nitrogens is 4. The van der Waals surface area contributed by atoms with Crippen molar-refractivity contribution >= 4 is 11.4 Å². The molecule has 2 N–H and O–H groups in total. The largest absolute Gasteiger partial charge is 0.453 e. The van der Waals surface area contributed by atoms with Crippen molar-refractivity contribution in [1.29, 1.82) is 0 Å². The molecule has 6 nitrogen and oxygen atoms in total. The standard InChI is InChI=1S/C19H15N5O/c1-24-16-4-2-12(14-6-8-20-22-14)10-18(16)25-19-11-13(3-5-17(19)24)15-7-9-21-23-15/h2-11H,1H3,(H,20,22)(H,21,23). The highest BCUT2D eigenvalue weighted by Crippen LogP contribution is 2.47. The summed E-state index contributed by atoms with van der Waals surface area (Å²) in [5.41, 5.74) is 6.07. The van der Waals surface area contributed by atoms with Crippen LogP contribution >= 0.6 is 0 Å². The van der Waals surface area contributed by atoms with Gasteiger partial charge in [-0.2, -0.15) is 10.2 Å². The second-order valence-corrected chi connectivity index (χ2v) is 5.97. The molecule has 1 aliphatic rings. The van der Waals surface area contributed by atoms with Gasteiger partial charge in [0.15, 0.2) is 11.5 Å². The number of rotatable bonds is 2. The summed E-state index contributed by atoms with van der Waals surface area (Å²) in [6.07, 6.45) is 3.49. The Morgan fingerprint density at radius 2 is 1.28 bits per heavy atom. The molecule has 2 aromatic carbocycles. The summed E-state index contributed by atoms with van der Waals surface area (Å²) < 4.78 is 6.22. The number of fused-ring (bicyclic) bond motifs is 2. The number of nitrogens with zero attached hydrogens (tertiary/aromatic N) is 3. The first-order valence-electron chi connectivity index (χ1n) is 7.99. The number of hydrogen-bond donors (Lipinski definition) is 2. The maximum absolute atomic E-state index is 6.22. The van der Waals surface area contributed by atoms with Gasteiger partial charge in [-0.15, -0.1) is 0 Å². The Morgan fingerprint density at radius 3 is 1.72 bits per heavy atom. The predicted octanol–water partition coefficient (Wildman–Crippen LogP) is 4.34. The molecule has 0 radical (unpaired) electrons. The first-order valence-corrected chi connectivity index (χ1v) is 7.99. The molecule has 0 spiro atoms. The predicted molar refractivity (Wildman–Crippen MR) is 96.2 cm³/mol. The van der Waals surface area contributed by atoms with Gasteiger partial charge in [-0.25, -0.2) is 0 Å². The van der Waals surface area contributed by atoms with Gasteiger partial charge in [0.25, 0.3) is 0 Å². The Morgan fingerprint density at radius 1 is 0.760 bits per heavy atom. The second-order valence-electron chi connectivity index (χ2n) is 5.97. The highest BCUT2D eigenvalue weighted by Gasteiger charge is 2.23. The van der Waals surface area contributed by atoms with Crippen LogP contribution in [0.2, 0.25) is 0 Å². The summed E-state index contributed by atoms with van der Waals surface area (Å²) >= 11 is 0. The molecule has 6 heteroatoms. The fourth-order valence-corrected chi connectivity index (χ4v) is 3.16. The van der Waals surface area contributed by atoms with Crippen LogP contribution in [0.25, 0.3) is 22.5 Å². The average molecular weight is 329 g/mol. The smallest absolute Gasteiger partial charge is 0.151 e. The van der Waals surface area contributed by atoms with Crippen molar-refractivity contribution in [3.8, 4) is 34.0 Å². The Kier molecular flexibility index (Phi) is 2.90. The number of anilines is 2. The third-order valence-corrected chi connectivity index (χ3v) is 4.49. The van der Waals surface area contributed by atoms with E-state index in [0.29, 0.717) is 0 Å². The Balaban J connectivity index is 1.59. The number of aromatic amines is 2. The van der Waals surface area contributed by atoms with E-state index in [1.165, 1.54) is 0 Å². The third kappa shape index (κ3) is 2.19. The number of benzene rings is 2. The van der Waals surface area contributed by atoms with Gasteiger partial charge in [0.1, 0.15) is 0 Å². The molecule has 0 bridgehead atoms. The lowest BCUT2D eigenvalue weighted by atomic mass is 10.1. The van der Waals surface area contributed by atoms with Crippen molar-refractivity contribution in [3.05, 3.63) is 60.9 Å². The lowest BCUT2D eigenvalue weighted by molar-refractivity contribution is 0.476. The maximum atomic E-state index is 6.22. The van der Waals surface area contributed by atoms with Crippen molar-refractivity contribution in [2.75, 3.05) is 11.9 Å². The van der Waals surface area contributed by atoms with E-state index in [1.807, 2.05) is 31.3 Å². The fourth-order valence-electron chi connectivity index (χ4n) is 3.16. The Bertz CT molecular complexity index is 954. The van der Waals surface area contributed by atoms with E-state index >= 15 is 0 Å². The molecule has 122 valence electrons. The molecule has 0 atom stereocenters. The van der Waals surface area contributed by atoms with Crippen LogP contribution in [0.15, 0.2) is 60.9 Å². The molecule has 2 aromatic heterocycles. The van der Waals surface area contributed by atoms with Crippen LogP contribution in [0, 0.1) is 0 Å². The SMILES string of the molecule is CN1c2ccc(-c3ccn[nH]3)cc2Oc2cc(-c3ccn[nH]3)ccc21. The van der Waals surface area contributed by atoms with E-state index in [4.69, 9.17) is 4.74 Å². The molecule has 4 aromatic rings. The van der Waals surface area contributed by atoms with Crippen molar-refractivity contribution in [2.24, 2.45) is 0 Å². The summed E-state index contributed by atoms with van der Waals surface area (Å²) in [6, 6.07) is 16.2. The molecule has 0 aliphatic carbocycles. The van der Waals surface area contributed by atoms with E-state index in [9.17, 15) is 0 Å². The van der Waals surface area contributed by atoms with Gasteiger partial charge in [0.2, 0.25) is 0 Å². The second kappa shape index (κ2) is 5.24. The van der Waals surface area contributed by atoms with E-state index in [0.717, 1.165) is 45.4 Å². The highest BCUT2D eigenvalue weighted by atomic mass is 16.5. The van der Waals surface area contributed by atoms with Gasteiger partial charge >= 0.3 is 0 Å². The lowest BCUT2D eigenvalue weighted by Crippen LogP contribution is -2.15. The van der Waals surface area contributed by atoms with Gasteiger partial charge in [-0.05, 0) is 36.4 Å². The molecule has 0 unspecified atom stereocenters. The Hall–Kier alpha value is -3.54. The minimum absolute atomic E-state index is 0.823. The summed E-state index contributed by atoms with van der Waals surface area (Å²) in [5, 5.41) is 14.0. The molecule has 0 amide bonds. The summed E-state index contributed by atoms with van der Waals surface area (Å²) in [6.45, 7) is 0. The monoisotopic (exact) mass is 329 g/mol. The van der Waals surface area contributed by atoms with Crippen molar-refractivity contribution < 1.29 is 4.74 Å². The quantitative estimate of drug-likeness (QED) is 0.574. The Labute approximate surface area is 144 Å². The zero-order valence-corrected chi connectivity index (χ0v) is 13.5. The van der Waals surface area contributed by atoms with E-state index in [2.05, 4.69) is 49.6 Å². The summed E-state index contributed by atoms with van der Waals surface area (Å²) in [5.74, 6) is 1.65. The summed E-state index contributed by atoms with van der Waals surface area (Å²) in [4.78, 5) is 2.14. The van der Waals surface area contributed by atoms with Crippen molar-refractivity contribution in [3.63, 3.8) is 0 Å². The van der Waals surface area contributed by atoms with E-state index in [1.54, 1.807) is 12.4 Å². The third-order valence-electron chi connectivity index (χ3n) is 4.49. The average Bonchev–Trinajstić information content (AvgIpc) is 3.35. The first-order chi connectivity index (χ1) is 12.3. The molecule has 0 fully saturated rings. The topological polar surface area (TPSA) is 69.8 Å². The minimum Gasteiger partial charge on any atom is -0.453 e. The number of nitrogens with one attached hydrogen (secondary N) is 2. The van der Waals surface area contributed by atoms with E-state index < -0.39 is 0 Å². The van der Waals surface area contributed by atoms with Crippen LogP contribution < -0.4 is 9.64 Å². The van der Waals surface area contributed by atoms with E-state index in [-0.39, 0.29) is 0 Å². The van der Waals surface area contributed by atoms with Crippen molar-refractivity contribution in [1.82, 2.24) is 20.4 Å². The highest BCUT2D eigenvalue weighted by molar-refractivity contribution is 5.82. The van der Waals surface area contributed by atoms with Crippen LogP contribution in [0.4, 0.5) is 11.4 Å². The van der Waals surface area contributed by atoms with Gasteiger partial charge < -0.3 is 9.64 Å². The maximum Gasteiger partial charge on any atom is 0.151 e. The molecule has 5 rings (SSSR count). The van der Waals surface area contributed by atoms with Crippen LogP contribution in [-0.4, -0.2) is 27.4 Å². The summed E-state index contributed by atoms with van der Waals surface area (Å²) in [7, 11) is 2.05. The molecular weight excluding hydrogens is 314 g/mol. The van der Waals surface area contributed by atoms with Gasteiger partial charge in [0.05, 0.1) is 22.8 Å². The number of ether oxygens (including phenoxy) is 1. The van der Waals surface area contributed by atoms with Crippen LogP contribution in [0.3, 0.4) is 0 Å². The van der Waals surface area contributed by atoms with Gasteiger partial charge in [0, 0.05) is 30.6 Å². The number of H-pyrrole nitrogens is 2. The van der Waals surface area contributed by atoms with Gasteiger partial charge in [-0.3, -0.25) is 10.2 Å². The number of hydrogen-bond acceptors (Lipinski definition) is 4. The lowest BCUT2D eigenvalue weighted by Gasteiger charge is -2.30. The zero-order valence-electron chi connectivity index (χ0n) is 13.5. The minimum atomic E-state index is 0.823. The normalized spacial score (nSPS) is 12.4. The van der Waals surface area contributed by atoms with Crippen LogP contribution in [-0.2, 0) is 0 Å². The molecule has 1 aliphatic heterocycles. The van der Waals surface area contributed by atoms with Crippen LogP contribution in [0.5, 0.6) is 11.5 Å². The van der Waals surface area contributed by atoms with Gasteiger partial charge in [-0.1, -0.05) is 12.1 Å². The zero-order chi connectivity index (χ0) is 16.8. The van der Waals surface area contributed by atoms with Crippen LogP contribution in [0.1, 0.15) is 0 Å². The first kappa shape index (κ1) is 13.9. The molecule has 25 heavy (non-hydrogen) atoms. The molecular formula is C19H15N5O. The molecule has 3 heterocycles. The molecule has 0 saturated heterocycles. The fraction of sp³-hybridized carbons (Fsp3) is 0.0526. The van der Waals surface area contributed by atoms with Crippen molar-refractivity contribution in [2.45, 2.75) is 0 Å². The molecule has 0 saturated carbocycles.